The van der Waals surface area contributed by atoms with Gasteiger partial charge in [0.1, 0.15) is 0 Å². The van der Waals surface area contributed by atoms with E-state index < -0.39 is 9.04 Å². The zero-order chi connectivity index (χ0) is 7.11. The van der Waals surface area contributed by atoms with Gasteiger partial charge < -0.3 is 4.43 Å². The third-order valence-electron chi connectivity index (χ3n) is 1.36. The van der Waals surface area contributed by atoms with Crippen molar-refractivity contribution in [1.29, 1.82) is 0 Å². The van der Waals surface area contributed by atoms with Gasteiger partial charge in [0, 0.05) is 0 Å². The summed E-state index contributed by atoms with van der Waals surface area (Å²) in [5.74, 6) is 0. The van der Waals surface area contributed by atoms with Gasteiger partial charge in [0.15, 0.2) is 9.04 Å². The van der Waals surface area contributed by atoms with Crippen molar-refractivity contribution < 1.29 is 4.43 Å². The second-order valence-corrected chi connectivity index (χ2v) is 5.27. The van der Waals surface area contributed by atoms with Crippen LogP contribution in [0.15, 0.2) is 12.7 Å². The average molecular weight is 144 g/mol. The molecule has 0 radical (unpaired) electrons. The highest BCUT2D eigenvalue weighted by Gasteiger charge is 2.02. The van der Waals surface area contributed by atoms with Crippen LogP contribution in [0.25, 0.3) is 0 Å². The molecule has 0 bridgehead atoms. The van der Waals surface area contributed by atoms with E-state index in [0.29, 0.717) is 0 Å². The summed E-state index contributed by atoms with van der Waals surface area (Å²) in [6.45, 7) is 8.74. The van der Waals surface area contributed by atoms with Crippen LogP contribution in [0, 0.1) is 0 Å². The molecule has 0 aliphatic heterocycles. The van der Waals surface area contributed by atoms with E-state index in [-0.39, 0.29) is 0 Å². The maximum absolute atomic E-state index is 5.51. The topological polar surface area (TPSA) is 9.23 Å². The van der Waals surface area contributed by atoms with Crippen LogP contribution in [0.2, 0.25) is 12.1 Å². The first-order valence-corrected chi connectivity index (χ1v) is 5.68. The van der Waals surface area contributed by atoms with E-state index in [4.69, 9.17) is 4.43 Å². The summed E-state index contributed by atoms with van der Waals surface area (Å²) in [6, 6.07) is 2.48. The Morgan fingerprint density at radius 2 is 2.00 bits per heavy atom. The minimum atomic E-state index is -0.781. The SMILES string of the molecule is C=CCO[SiH](CC)CC. The van der Waals surface area contributed by atoms with Crippen molar-refractivity contribution in [1.82, 2.24) is 0 Å². The van der Waals surface area contributed by atoms with Crippen LogP contribution in [0.5, 0.6) is 0 Å². The zero-order valence-corrected chi connectivity index (χ0v) is 7.55. The lowest BCUT2D eigenvalue weighted by molar-refractivity contribution is 0.366. The molecule has 0 fully saturated rings. The normalized spacial score (nSPS) is 10.1. The molecule has 0 atom stereocenters. The van der Waals surface area contributed by atoms with E-state index in [1.54, 1.807) is 0 Å². The minimum absolute atomic E-state index is 0.749. The van der Waals surface area contributed by atoms with Gasteiger partial charge in [-0.05, 0) is 12.1 Å². The molecule has 54 valence electrons. The molecule has 0 saturated heterocycles. The van der Waals surface area contributed by atoms with Gasteiger partial charge in [-0.2, -0.15) is 0 Å². The van der Waals surface area contributed by atoms with Crippen molar-refractivity contribution in [2.24, 2.45) is 0 Å². The second kappa shape index (κ2) is 6.04. The van der Waals surface area contributed by atoms with Crippen molar-refractivity contribution in [2.45, 2.75) is 25.9 Å². The molecular weight excluding hydrogens is 128 g/mol. The molecule has 2 heteroatoms. The van der Waals surface area contributed by atoms with E-state index in [1.807, 2.05) is 6.08 Å². The molecule has 0 rings (SSSR count). The minimum Gasteiger partial charge on any atom is -0.416 e. The molecule has 9 heavy (non-hydrogen) atoms. The first kappa shape index (κ1) is 8.92. The van der Waals surface area contributed by atoms with Crippen LogP contribution in [-0.2, 0) is 4.43 Å². The fourth-order valence-corrected chi connectivity index (χ4v) is 2.19. The molecule has 0 saturated carbocycles. The Labute approximate surface area is 59.5 Å². The Bertz CT molecular complexity index is 69.3. The molecule has 1 nitrogen and oxygen atoms in total. The quantitative estimate of drug-likeness (QED) is 0.423. The van der Waals surface area contributed by atoms with Gasteiger partial charge in [-0.15, -0.1) is 6.58 Å². The Morgan fingerprint density at radius 3 is 2.33 bits per heavy atom. The molecule has 0 amide bonds. The van der Waals surface area contributed by atoms with Crippen LogP contribution in [0.1, 0.15) is 13.8 Å². The summed E-state index contributed by atoms with van der Waals surface area (Å²) in [4.78, 5) is 0. The lowest BCUT2D eigenvalue weighted by Gasteiger charge is -2.08. The maximum atomic E-state index is 5.51. The monoisotopic (exact) mass is 144 g/mol. The molecule has 0 aliphatic rings. The molecule has 0 heterocycles. The van der Waals surface area contributed by atoms with Gasteiger partial charge in [0.05, 0.1) is 6.61 Å². The van der Waals surface area contributed by atoms with Crippen LogP contribution in [0.3, 0.4) is 0 Å². The van der Waals surface area contributed by atoms with E-state index >= 15 is 0 Å². The van der Waals surface area contributed by atoms with Crippen LogP contribution in [0.4, 0.5) is 0 Å². The van der Waals surface area contributed by atoms with E-state index in [9.17, 15) is 0 Å². The zero-order valence-electron chi connectivity index (χ0n) is 6.39. The highest BCUT2D eigenvalue weighted by Crippen LogP contribution is 1.98. The third kappa shape index (κ3) is 4.42. The second-order valence-electron chi connectivity index (χ2n) is 2.06. The predicted molar refractivity (Wildman–Crippen MR) is 44.3 cm³/mol. The largest absolute Gasteiger partial charge is 0.416 e. The summed E-state index contributed by atoms with van der Waals surface area (Å²) in [5.41, 5.74) is 0. The van der Waals surface area contributed by atoms with Gasteiger partial charge in [-0.1, -0.05) is 19.9 Å². The van der Waals surface area contributed by atoms with Crippen molar-refractivity contribution in [2.75, 3.05) is 6.61 Å². The van der Waals surface area contributed by atoms with Gasteiger partial charge in [0.2, 0.25) is 0 Å². The predicted octanol–water partition coefficient (Wildman–Crippen LogP) is 1.95. The van der Waals surface area contributed by atoms with Gasteiger partial charge in [-0.25, -0.2) is 0 Å². The Kier molecular flexibility index (Phi) is 5.99. The van der Waals surface area contributed by atoms with E-state index in [2.05, 4.69) is 20.4 Å². The summed E-state index contributed by atoms with van der Waals surface area (Å²) in [5, 5.41) is 0. The summed E-state index contributed by atoms with van der Waals surface area (Å²) in [6.07, 6.45) is 1.82. The van der Waals surface area contributed by atoms with Crippen LogP contribution >= 0.6 is 0 Å². The molecule has 0 aliphatic carbocycles. The first-order chi connectivity index (χ1) is 4.35. The Hall–Kier alpha value is -0.0831. The molecule has 0 aromatic heterocycles. The number of rotatable bonds is 5. The summed E-state index contributed by atoms with van der Waals surface area (Å²) < 4.78 is 5.51. The van der Waals surface area contributed by atoms with Gasteiger partial charge in [-0.3, -0.25) is 0 Å². The van der Waals surface area contributed by atoms with E-state index in [0.717, 1.165) is 6.61 Å². The highest BCUT2D eigenvalue weighted by molar-refractivity contribution is 6.51. The van der Waals surface area contributed by atoms with Gasteiger partial charge >= 0.3 is 0 Å². The Morgan fingerprint density at radius 1 is 1.44 bits per heavy atom. The molecule has 0 aromatic rings. The number of hydrogen-bond donors (Lipinski definition) is 0. The Balaban J connectivity index is 3.19. The summed E-state index contributed by atoms with van der Waals surface area (Å²) >= 11 is 0. The molecule has 0 unspecified atom stereocenters. The smallest absolute Gasteiger partial charge is 0.176 e. The molecule has 0 spiro atoms. The molecular formula is C7H16OSi. The average Bonchev–Trinajstić information content (AvgIpc) is 1.91. The lowest BCUT2D eigenvalue weighted by atomic mass is 10.7. The van der Waals surface area contributed by atoms with E-state index in [1.165, 1.54) is 12.1 Å². The number of hydrogen-bond acceptors (Lipinski definition) is 1. The van der Waals surface area contributed by atoms with Crippen LogP contribution in [-0.4, -0.2) is 15.6 Å². The fourth-order valence-electron chi connectivity index (χ4n) is 0.729. The molecule has 0 aromatic carbocycles. The fraction of sp³-hybridized carbons (Fsp3) is 0.714. The van der Waals surface area contributed by atoms with Crippen molar-refractivity contribution >= 4 is 9.04 Å². The first-order valence-electron chi connectivity index (χ1n) is 3.57. The lowest BCUT2D eigenvalue weighted by Crippen LogP contribution is -2.14. The van der Waals surface area contributed by atoms with Gasteiger partial charge in [0.25, 0.3) is 0 Å². The van der Waals surface area contributed by atoms with Crippen LogP contribution < -0.4 is 0 Å². The third-order valence-corrected chi connectivity index (χ3v) is 3.85. The van der Waals surface area contributed by atoms with Crippen molar-refractivity contribution in [3.05, 3.63) is 12.7 Å². The maximum Gasteiger partial charge on any atom is 0.176 e. The highest BCUT2D eigenvalue weighted by atomic mass is 28.3. The van der Waals surface area contributed by atoms with Crippen molar-refractivity contribution in [3.8, 4) is 0 Å². The standard InChI is InChI=1S/C7H16OSi/c1-4-7-8-9(5-2)6-3/h4,9H,1,5-7H2,2-3H3. The van der Waals surface area contributed by atoms with Crippen molar-refractivity contribution in [3.63, 3.8) is 0 Å². The summed E-state index contributed by atoms with van der Waals surface area (Å²) in [7, 11) is -0.781. The molecule has 0 N–H and O–H groups in total.